The maximum atomic E-state index is 5.47. The molecule has 0 radical (unpaired) electrons. The number of rotatable bonds is 7. The Bertz CT molecular complexity index is 1460. The molecule has 0 bridgehead atoms. The largest absolute Gasteiger partial charge is 0.378 e. The van der Waals surface area contributed by atoms with Gasteiger partial charge in [0.15, 0.2) is 0 Å². The van der Waals surface area contributed by atoms with E-state index in [2.05, 4.69) is 61.8 Å². The molecule has 0 amide bonds. The van der Waals surface area contributed by atoms with E-state index in [1.165, 1.54) is 5.56 Å². The summed E-state index contributed by atoms with van der Waals surface area (Å²) in [5.74, 6) is 0.540. The van der Waals surface area contributed by atoms with Crippen molar-refractivity contribution in [2.24, 2.45) is 0 Å². The molecule has 4 heterocycles. The predicted octanol–water partition coefficient (Wildman–Crippen LogP) is 5.03. The summed E-state index contributed by atoms with van der Waals surface area (Å²) in [6, 6.07) is 22.6. The number of morpholine rings is 1. The predicted molar refractivity (Wildman–Crippen MR) is 145 cm³/mol. The molecule has 3 aromatic heterocycles. The maximum Gasteiger partial charge on any atom is 0.227 e. The highest BCUT2D eigenvalue weighted by Gasteiger charge is 2.13. The molecule has 1 saturated heterocycles. The standard InChI is InChI=1S/C29H27N7O/c1-2-4-22(5-3-1)20-36-21-25(18-32-36)23-6-8-26(9-7-23)33-29-31-11-10-28(34-29)24-16-27(19-30-17-24)35-12-14-37-15-13-35/h1-11,16-19,21H,12-15,20H2,(H,31,33,34). The van der Waals surface area contributed by atoms with Gasteiger partial charge in [-0.25, -0.2) is 9.97 Å². The number of anilines is 3. The van der Waals surface area contributed by atoms with E-state index < -0.39 is 0 Å². The number of nitrogens with zero attached hydrogens (tertiary/aromatic N) is 6. The summed E-state index contributed by atoms with van der Waals surface area (Å²) in [4.78, 5) is 15.9. The van der Waals surface area contributed by atoms with Crippen LogP contribution in [0.4, 0.5) is 17.3 Å². The molecule has 8 heteroatoms. The lowest BCUT2D eigenvalue weighted by atomic mass is 10.1. The number of benzene rings is 2. The molecule has 2 aromatic carbocycles. The van der Waals surface area contributed by atoms with Crippen molar-refractivity contribution in [3.05, 3.63) is 103 Å². The fourth-order valence-electron chi connectivity index (χ4n) is 4.39. The molecule has 0 saturated carbocycles. The molecular weight excluding hydrogens is 462 g/mol. The highest BCUT2D eigenvalue weighted by Crippen LogP contribution is 2.25. The summed E-state index contributed by atoms with van der Waals surface area (Å²) in [6.07, 6.45) is 9.46. The van der Waals surface area contributed by atoms with E-state index in [1.807, 2.05) is 59.7 Å². The molecule has 0 spiro atoms. The number of nitrogens with one attached hydrogen (secondary N) is 1. The van der Waals surface area contributed by atoms with Gasteiger partial charge in [-0.15, -0.1) is 0 Å². The molecule has 5 aromatic rings. The monoisotopic (exact) mass is 489 g/mol. The van der Waals surface area contributed by atoms with Gasteiger partial charge in [0.05, 0.1) is 43.5 Å². The smallest absolute Gasteiger partial charge is 0.227 e. The first-order valence-corrected chi connectivity index (χ1v) is 12.4. The van der Waals surface area contributed by atoms with Crippen LogP contribution in [0.1, 0.15) is 5.56 Å². The second kappa shape index (κ2) is 10.6. The minimum absolute atomic E-state index is 0.540. The summed E-state index contributed by atoms with van der Waals surface area (Å²) in [7, 11) is 0. The van der Waals surface area contributed by atoms with Gasteiger partial charge in [-0.2, -0.15) is 5.10 Å². The fraction of sp³-hybridized carbons (Fsp3) is 0.172. The molecule has 0 aliphatic carbocycles. The van der Waals surface area contributed by atoms with Crippen LogP contribution in [0.3, 0.4) is 0 Å². The van der Waals surface area contributed by atoms with E-state index in [9.17, 15) is 0 Å². The Morgan fingerprint density at radius 2 is 1.68 bits per heavy atom. The van der Waals surface area contributed by atoms with Gasteiger partial charge in [-0.1, -0.05) is 42.5 Å². The zero-order valence-electron chi connectivity index (χ0n) is 20.4. The van der Waals surface area contributed by atoms with Gasteiger partial charge in [0.25, 0.3) is 0 Å². The summed E-state index contributed by atoms with van der Waals surface area (Å²) in [5.41, 5.74) is 7.18. The third-order valence-electron chi connectivity index (χ3n) is 6.35. The Labute approximate surface area is 215 Å². The van der Waals surface area contributed by atoms with Gasteiger partial charge >= 0.3 is 0 Å². The van der Waals surface area contributed by atoms with Crippen LogP contribution in [0.15, 0.2) is 97.7 Å². The quantitative estimate of drug-likeness (QED) is 0.343. The summed E-state index contributed by atoms with van der Waals surface area (Å²) >= 11 is 0. The third kappa shape index (κ3) is 5.49. The number of hydrogen-bond donors (Lipinski definition) is 1. The Kier molecular flexibility index (Phi) is 6.55. The van der Waals surface area contributed by atoms with Crippen LogP contribution in [0.2, 0.25) is 0 Å². The minimum atomic E-state index is 0.540. The molecule has 0 unspecified atom stereocenters. The number of aromatic nitrogens is 5. The second-order valence-electron chi connectivity index (χ2n) is 8.91. The molecule has 1 fully saturated rings. The second-order valence-corrected chi connectivity index (χ2v) is 8.91. The van der Waals surface area contributed by atoms with Gasteiger partial charge in [-0.3, -0.25) is 9.67 Å². The fourth-order valence-corrected chi connectivity index (χ4v) is 4.39. The van der Waals surface area contributed by atoms with E-state index in [0.29, 0.717) is 5.95 Å². The lowest BCUT2D eigenvalue weighted by molar-refractivity contribution is 0.122. The minimum Gasteiger partial charge on any atom is -0.378 e. The topological polar surface area (TPSA) is 81.0 Å². The molecule has 1 aliphatic heterocycles. The van der Waals surface area contributed by atoms with Crippen molar-refractivity contribution in [1.82, 2.24) is 24.7 Å². The van der Waals surface area contributed by atoms with Gasteiger partial charge in [0.1, 0.15) is 0 Å². The molecular formula is C29H27N7O. The van der Waals surface area contributed by atoms with E-state index in [4.69, 9.17) is 9.72 Å². The summed E-state index contributed by atoms with van der Waals surface area (Å²) in [5, 5.41) is 7.84. The Balaban J connectivity index is 1.14. The Morgan fingerprint density at radius 1 is 0.838 bits per heavy atom. The number of ether oxygens (including phenoxy) is 1. The van der Waals surface area contributed by atoms with Crippen LogP contribution < -0.4 is 10.2 Å². The van der Waals surface area contributed by atoms with Crippen molar-refractivity contribution in [2.75, 3.05) is 36.5 Å². The summed E-state index contributed by atoms with van der Waals surface area (Å²) < 4.78 is 7.43. The average Bonchev–Trinajstić information content (AvgIpc) is 3.43. The van der Waals surface area contributed by atoms with Crippen molar-refractivity contribution < 1.29 is 4.74 Å². The van der Waals surface area contributed by atoms with Crippen molar-refractivity contribution in [3.63, 3.8) is 0 Å². The van der Waals surface area contributed by atoms with Crippen molar-refractivity contribution in [1.29, 1.82) is 0 Å². The van der Waals surface area contributed by atoms with E-state index in [-0.39, 0.29) is 0 Å². The van der Waals surface area contributed by atoms with Crippen molar-refractivity contribution in [2.45, 2.75) is 6.54 Å². The lowest BCUT2D eigenvalue weighted by Gasteiger charge is -2.28. The van der Waals surface area contributed by atoms with E-state index >= 15 is 0 Å². The summed E-state index contributed by atoms with van der Waals surface area (Å²) in [6.45, 7) is 3.96. The van der Waals surface area contributed by atoms with E-state index in [0.717, 1.165) is 66.6 Å². The van der Waals surface area contributed by atoms with Crippen LogP contribution in [0, 0.1) is 0 Å². The van der Waals surface area contributed by atoms with Crippen molar-refractivity contribution >= 4 is 17.3 Å². The Morgan fingerprint density at radius 3 is 2.51 bits per heavy atom. The molecule has 37 heavy (non-hydrogen) atoms. The zero-order chi connectivity index (χ0) is 24.9. The first kappa shape index (κ1) is 22.9. The zero-order valence-corrected chi connectivity index (χ0v) is 20.4. The molecule has 1 N–H and O–H groups in total. The third-order valence-corrected chi connectivity index (χ3v) is 6.35. The maximum absolute atomic E-state index is 5.47. The number of pyridine rings is 1. The van der Waals surface area contributed by atoms with Gasteiger partial charge < -0.3 is 15.0 Å². The first-order chi connectivity index (χ1) is 18.3. The van der Waals surface area contributed by atoms with Crippen LogP contribution in [0.25, 0.3) is 22.4 Å². The van der Waals surface area contributed by atoms with Crippen LogP contribution in [-0.4, -0.2) is 51.0 Å². The molecule has 184 valence electrons. The highest BCUT2D eigenvalue weighted by molar-refractivity contribution is 5.68. The average molecular weight is 490 g/mol. The highest BCUT2D eigenvalue weighted by atomic mass is 16.5. The van der Waals surface area contributed by atoms with Crippen LogP contribution >= 0.6 is 0 Å². The van der Waals surface area contributed by atoms with Gasteiger partial charge in [0, 0.05) is 48.5 Å². The van der Waals surface area contributed by atoms with Gasteiger partial charge in [0.2, 0.25) is 5.95 Å². The van der Waals surface area contributed by atoms with Crippen LogP contribution in [0.5, 0.6) is 0 Å². The van der Waals surface area contributed by atoms with Crippen molar-refractivity contribution in [3.8, 4) is 22.4 Å². The number of hydrogen-bond acceptors (Lipinski definition) is 7. The normalized spacial score (nSPS) is 13.5. The lowest BCUT2D eigenvalue weighted by Crippen LogP contribution is -2.36. The van der Waals surface area contributed by atoms with E-state index in [1.54, 1.807) is 6.20 Å². The van der Waals surface area contributed by atoms with Gasteiger partial charge in [-0.05, 0) is 35.4 Å². The SMILES string of the molecule is c1ccc(Cn2cc(-c3ccc(Nc4nccc(-c5cncc(N6CCOCC6)c5)n4)cc3)cn2)cc1. The molecule has 0 atom stereocenters. The first-order valence-electron chi connectivity index (χ1n) is 12.4. The molecule has 1 aliphatic rings. The molecule has 8 nitrogen and oxygen atoms in total. The molecule has 6 rings (SSSR count). The Hall–Kier alpha value is -4.56. The van der Waals surface area contributed by atoms with Crippen LogP contribution in [-0.2, 0) is 11.3 Å².